The van der Waals surface area contributed by atoms with Gasteiger partial charge in [0, 0.05) is 17.4 Å². The van der Waals surface area contributed by atoms with Crippen LogP contribution >= 0.6 is 0 Å². The second-order valence-electron chi connectivity index (χ2n) is 8.34. The minimum atomic E-state index is -3.72. The molecule has 1 aromatic carbocycles. The van der Waals surface area contributed by atoms with E-state index in [-0.39, 0.29) is 22.8 Å². The highest BCUT2D eigenvalue weighted by molar-refractivity contribution is 7.93. The molecule has 2 heterocycles. The molecule has 12 heteroatoms. The van der Waals surface area contributed by atoms with Gasteiger partial charge < -0.3 is 11.1 Å². The molecular weight excluding hydrogens is 447 g/mol. The Labute approximate surface area is 182 Å². The number of amidine groups is 1. The number of nitrogens with two attached hydrogens (primary N) is 1. The molecule has 172 valence electrons. The number of carbonyl (C=O) groups excluding carboxylic acids is 1. The van der Waals surface area contributed by atoms with E-state index < -0.39 is 44.1 Å². The quantitative estimate of drug-likeness (QED) is 0.714. The minimum absolute atomic E-state index is 0.0184. The van der Waals surface area contributed by atoms with E-state index in [0.29, 0.717) is 17.5 Å². The number of rotatable bonds is 4. The smallest absolute Gasteiger partial charge is 0.333 e. The summed E-state index contributed by atoms with van der Waals surface area (Å²) in [5.74, 6) is -1.93. The lowest BCUT2D eigenvalue weighted by atomic mass is 9.92. The van der Waals surface area contributed by atoms with E-state index in [4.69, 9.17) is 5.73 Å². The van der Waals surface area contributed by atoms with Gasteiger partial charge in [0.1, 0.15) is 21.9 Å². The van der Waals surface area contributed by atoms with Gasteiger partial charge in [0.05, 0.1) is 5.75 Å². The number of carbonyl (C=O) groups is 1. The Hall–Kier alpha value is -2.89. The first-order chi connectivity index (χ1) is 15.0. The third-order valence-electron chi connectivity index (χ3n) is 6.16. The molecule has 8 nitrogen and oxygen atoms in total. The lowest BCUT2D eigenvalue weighted by Gasteiger charge is -2.39. The third-order valence-corrected chi connectivity index (χ3v) is 8.91. The summed E-state index contributed by atoms with van der Waals surface area (Å²) in [7, 11) is -3.72. The molecule has 0 bridgehead atoms. The molecule has 1 amide bonds. The van der Waals surface area contributed by atoms with Crippen LogP contribution in [0.25, 0.3) is 0 Å². The number of amides is 1. The van der Waals surface area contributed by atoms with E-state index in [2.05, 4.69) is 15.4 Å². The molecule has 0 saturated heterocycles. The van der Waals surface area contributed by atoms with Crippen LogP contribution in [0.4, 0.5) is 18.9 Å². The van der Waals surface area contributed by atoms with Crippen molar-refractivity contribution in [2.45, 2.75) is 49.4 Å². The van der Waals surface area contributed by atoms with Gasteiger partial charge in [-0.15, -0.1) is 0 Å². The Kier molecular flexibility index (Phi) is 5.30. The number of aromatic nitrogens is 2. The highest BCUT2D eigenvalue weighted by atomic mass is 32.2. The molecule has 1 aliphatic heterocycles. The molecule has 0 radical (unpaired) electrons. The summed E-state index contributed by atoms with van der Waals surface area (Å²) in [4.78, 5) is 16.8. The molecule has 1 aromatic heterocycles. The summed E-state index contributed by atoms with van der Waals surface area (Å²) in [5, 5.41) is 5.94. The van der Waals surface area contributed by atoms with Crippen LogP contribution < -0.4 is 11.1 Å². The second kappa shape index (κ2) is 7.61. The summed E-state index contributed by atoms with van der Waals surface area (Å²) < 4.78 is 65.7. The number of halogens is 3. The summed E-state index contributed by atoms with van der Waals surface area (Å²) in [5.41, 5.74) is 4.48. The van der Waals surface area contributed by atoms with Gasteiger partial charge in [-0.2, -0.15) is 13.9 Å². The van der Waals surface area contributed by atoms with Crippen LogP contribution in [0.3, 0.4) is 0 Å². The molecule has 1 spiro atoms. The maximum Gasteiger partial charge on any atom is 0.333 e. The van der Waals surface area contributed by atoms with Crippen molar-refractivity contribution in [2.75, 3.05) is 11.1 Å². The Morgan fingerprint density at radius 3 is 2.53 bits per heavy atom. The first-order valence-corrected chi connectivity index (χ1v) is 11.7. The average molecular weight is 469 g/mol. The standard InChI is InChI=1S/C20H22F3N5O3S/c1-19(11-32(30,31)20(17(24)26-19)7-2-3-8-20)13-10-12(4-5-14(13)21)25-16(29)15-6-9-28(27-15)18(22)23/h4-6,9-10,18H,2-3,7-8,11H2,1H3,(H2,24,26)(H,25,29). The number of nitrogens with zero attached hydrogens (tertiary/aromatic N) is 3. The van der Waals surface area contributed by atoms with E-state index in [9.17, 15) is 26.4 Å². The number of sulfone groups is 1. The third kappa shape index (κ3) is 3.55. The lowest BCUT2D eigenvalue weighted by molar-refractivity contribution is 0.0561. The molecule has 3 N–H and O–H groups in total. The van der Waals surface area contributed by atoms with E-state index in [1.807, 2.05) is 0 Å². The van der Waals surface area contributed by atoms with E-state index in [1.54, 1.807) is 0 Å². The van der Waals surface area contributed by atoms with E-state index in [0.717, 1.165) is 31.2 Å². The van der Waals surface area contributed by atoms with Crippen LogP contribution in [0.1, 0.15) is 55.2 Å². The highest BCUT2D eigenvalue weighted by Crippen LogP contribution is 2.45. The van der Waals surface area contributed by atoms with Crippen molar-refractivity contribution in [1.29, 1.82) is 0 Å². The van der Waals surface area contributed by atoms with E-state index in [1.165, 1.54) is 19.1 Å². The van der Waals surface area contributed by atoms with Gasteiger partial charge in [-0.05, 0) is 44.0 Å². The Bertz CT molecular complexity index is 1200. The molecule has 32 heavy (non-hydrogen) atoms. The SMILES string of the molecule is CC1(c2cc(NC(=O)c3ccn(C(F)F)n3)ccc2F)CS(=O)(=O)C2(CCCC2)C(N)=N1. The van der Waals surface area contributed by atoms with Crippen molar-refractivity contribution in [2.24, 2.45) is 10.7 Å². The first kappa shape index (κ1) is 22.3. The van der Waals surface area contributed by atoms with Crippen molar-refractivity contribution < 1.29 is 26.4 Å². The molecule has 2 aliphatic rings. The number of benzene rings is 1. The van der Waals surface area contributed by atoms with Crippen molar-refractivity contribution in [3.05, 3.63) is 47.5 Å². The lowest BCUT2D eigenvalue weighted by Crippen LogP contribution is -2.56. The molecule has 4 rings (SSSR count). The van der Waals surface area contributed by atoms with Crippen molar-refractivity contribution in [1.82, 2.24) is 9.78 Å². The first-order valence-electron chi connectivity index (χ1n) is 10.0. The fourth-order valence-electron chi connectivity index (χ4n) is 4.50. The van der Waals surface area contributed by atoms with Crippen molar-refractivity contribution >= 4 is 27.3 Å². The summed E-state index contributed by atoms with van der Waals surface area (Å²) >= 11 is 0. The Balaban J connectivity index is 1.67. The van der Waals surface area contributed by atoms with Crippen LogP contribution in [-0.2, 0) is 15.4 Å². The summed E-state index contributed by atoms with van der Waals surface area (Å²) in [6.45, 7) is -1.42. The largest absolute Gasteiger partial charge is 0.386 e. The van der Waals surface area contributed by atoms with Gasteiger partial charge in [-0.3, -0.25) is 9.79 Å². The van der Waals surface area contributed by atoms with Gasteiger partial charge in [0.15, 0.2) is 15.5 Å². The minimum Gasteiger partial charge on any atom is -0.386 e. The average Bonchev–Trinajstić information content (AvgIpc) is 3.39. The topological polar surface area (TPSA) is 119 Å². The number of alkyl halides is 2. The normalized spacial score (nSPS) is 24.0. The number of aliphatic imine (C=N–C) groups is 1. The zero-order chi connectivity index (χ0) is 23.3. The fraction of sp³-hybridized carbons (Fsp3) is 0.450. The van der Waals surface area contributed by atoms with Gasteiger partial charge in [0.2, 0.25) is 0 Å². The van der Waals surface area contributed by atoms with Crippen LogP contribution in [0, 0.1) is 5.82 Å². The summed E-state index contributed by atoms with van der Waals surface area (Å²) in [6, 6.07) is 4.74. The second-order valence-corrected chi connectivity index (χ2v) is 10.6. The van der Waals surface area contributed by atoms with Gasteiger partial charge in [0.25, 0.3) is 5.91 Å². The monoisotopic (exact) mass is 469 g/mol. The Morgan fingerprint density at radius 1 is 1.25 bits per heavy atom. The maximum atomic E-state index is 14.8. The molecule has 1 unspecified atom stereocenters. The highest BCUT2D eigenvalue weighted by Gasteiger charge is 2.56. The molecule has 1 saturated carbocycles. The number of anilines is 1. The van der Waals surface area contributed by atoms with Crippen molar-refractivity contribution in [3.8, 4) is 0 Å². The predicted molar refractivity (Wildman–Crippen MR) is 112 cm³/mol. The van der Waals surface area contributed by atoms with Crippen LogP contribution in [0.5, 0.6) is 0 Å². The number of hydrogen-bond donors (Lipinski definition) is 2. The molecular formula is C20H22F3N5O3S. The van der Waals surface area contributed by atoms with Crippen LogP contribution in [0.15, 0.2) is 35.5 Å². The molecule has 1 fully saturated rings. The summed E-state index contributed by atoms with van der Waals surface area (Å²) in [6.07, 6.45) is 3.20. The Morgan fingerprint density at radius 2 is 1.94 bits per heavy atom. The van der Waals surface area contributed by atoms with Crippen molar-refractivity contribution in [3.63, 3.8) is 0 Å². The predicted octanol–water partition coefficient (Wildman–Crippen LogP) is 2.98. The zero-order valence-electron chi connectivity index (χ0n) is 17.2. The fourth-order valence-corrected chi connectivity index (χ4v) is 7.01. The van der Waals surface area contributed by atoms with Gasteiger partial charge in [-0.25, -0.2) is 17.5 Å². The molecule has 1 aliphatic carbocycles. The van der Waals surface area contributed by atoms with Crippen LogP contribution in [-0.4, -0.2) is 40.4 Å². The van der Waals surface area contributed by atoms with Crippen LogP contribution in [0.2, 0.25) is 0 Å². The zero-order valence-corrected chi connectivity index (χ0v) is 18.0. The number of hydrogen-bond acceptors (Lipinski definition) is 6. The number of nitrogens with one attached hydrogen (secondary N) is 1. The molecule has 2 aromatic rings. The maximum absolute atomic E-state index is 14.8. The van der Waals surface area contributed by atoms with Gasteiger partial charge >= 0.3 is 6.55 Å². The molecule has 1 atom stereocenters. The van der Waals surface area contributed by atoms with Gasteiger partial charge in [-0.1, -0.05) is 12.8 Å². The van der Waals surface area contributed by atoms with E-state index >= 15 is 0 Å².